The zero-order valence-corrected chi connectivity index (χ0v) is 16.3. The largest absolute Gasteiger partial charge is 0.459 e. The Morgan fingerprint density at radius 3 is 2.71 bits per heavy atom. The summed E-state index contributed by atoms with van der Waals surface area (Å²) in [5.74, 6) is 1.93. The zero-order chi connectivity index (χ0) is 19.7. The van der Waals surface area contributed by atoms with E-state index >= 15 is 0 Å². The molecule has 1 atom stereocenters. The number of hydrogen-bond acceptors (Lipinski definition) is 7. The van der Waals surface area contributed by atoms with Crippen LogP contribution in [0.25, 0.3) is 0 Å². The van der Waals surface area contributed by atoms with Gasteiger partial charge in [0.25, 0.3) is 5.91 Å². The molecule has 8 heteroatoms. The fraction of sp³-hybridized carbons (Fsp3) is 0.500. The maximum Gasteiger partial charge on any atom is 0.289 e. The van der Waals surface area contributed by atoms with E-state index in [9.17, 15) is 9.59 Å². The van der Waals surface area contributed by atoms with Gasteiger partial charge in [0.2, 0.25) is 5.95 Å². The Hall–Kier alpha value is -2.90. The van der Waals surface area contributed by atoms with Crippen molar-refractivity contribution >= 4 is 23.5 Å². The zero-order valence-electron chi connectivity index (χ0n) is 16.3. The van der Waals surface area contributed by atoms with Gasteiger partial charge in [-0.1, -0.05) is 6.92 Å². The molecule has 0 bridgehead atoms. The van der Waals surface area contributed by atoms with E-state index in [-0.39, 0.29) is 11.7 Å². The third kappa shape index (κ3) is 3.46. The molecule has 2 aliphatic rings. The number of carbonyl (C=O) groups excluding carboxylic acids is 2. The number of carbonyl (C=O) groups is 2. The second-order valence-corrected chi connectivity index (χ2v) is 7.42. The van der Waals surface area contributed by atoms with Crippen LogP contribution in [0.3, 0.4) is 0 Å². The van der Waals surface area contributed by atoms with Gasteiger partial charge in [0.05, 0.1) is 17.5 Å². The standard InChI is InChI=1S/C20H25N5O3/c1-3-21-18-17-14(11-13(2)12-15(17)26)22-20(23-18)25-8-6-24(7-9-25)19(27)16-5-4-10-28-16/h4-5,10,13H,3,6-9,11-12H2,1-2H3,(H,21,22,23). The van der Waals surface area contributed by atoms with Gasteiger partial charge in [0.15, 0.2) is 11.5 Å². The molecule has 1 aliphatic carbocycles. The van der Waals surface area contributed by atoms with E-state index in [0.717, 1.165) is 12.1 Å². The van der Waals surface area contributed by atoms with Gasteiger partial charge in [-0.2, -0.15) is 4.98 Å². The average Bonchev–Trinajstić information content (AvgIpc) is 3.22. The van der Waals surface area contributed by atoms with Crippen LogP contribution in [-0.2, 0) is 6.42 Å². The first kappa shape index (κ1) is 18.5. The average molecular weight is 383 g/mol. The lowest BCUT2D eigenvalue weighted by atomic mass is 9.87. The molecule has 28 heavy (non-hydrogen) atoms. The normalized spacial score (nSPS) is 19.5. The van der Waals surface area contributed by atoms with Crippen LogP contribution < -0.4 is 10.2 Å². The number of fused-ring (bicyclic) bond motifs is 1. The smallest absolute Gasteiger partial charge is 0.289 e. The van der Waals surface area contributed by atoms with Crippen molar-refractivity contribution < 1.29 is 14.0 Å². The van der Waals surface area contributed by atoms with Crippen LogP contribution in [0.2, 0.25) is 0 Å². The molecule has 4 rings (SSSR count). The topological polar surface area (TPSA) is 91.6 Å². The second-order valence-electron chi connectivity index (χ2n) is 7.42. The molecule has 0 aromatic carbocycles. The van der Waals surface area contributed by atoms with E-state index in [2.05, 4.69) is 22.1 Å². The van der Waals surface area contributed by atoms with Crippen LogP contribution in [0.15, 0.2) is 22.8 Å². The number of furan rings is 1. The third-order valence-corrected chi connectivity index (χ3v) is 5.25. The molecule has 148 valence electrons. The van der Waals surface area contributed by atoms with E-state index < -0.39 is 0 Å². The maximum absolute atomic E-state index is 12.5. The molecule has 0 spiro atoms. The minimum absolute atomic E-state index is 0.0937. The Balaban J connectivity index is 1.53. The fourth-order valence-electron chi connectivity index (χ4n) is 3.86. The van der Waals surface area contributed by atoms with Crippen molar-refractivity contribution in [1.82, 2.24) is 14.9 Å². The molecule has 2 aromatic rings. The Kier molecular flexibility index (Phi) is 5.02. The van der Waals surface area contributed by atoms with Crippen LogP contribution >= 0.6 is 0 Å². The number of anilines is 2. The molecule has 3 heterocycles. The summed E-state index contributed by atoms with van der Waals surface area (Å²) in [6.45, 7) is 7.19. The van der Waals surface area contributed by atoms with E-state index in [1.807, 2.05) is 6.92 Å². The summed E-state index contributed by atoms with van der Waals surface area (Å²) in [7, 11) is 0. The van der Waals surface area contributed by atoms with E-state index in [4.69, 9.17) is 9.40 Å². The maximum atomic E-state index is 12.5. The number of hydrogen-bond donors (Lipinski definition) is 1. The highest BCUT2D eigenvalue weighted by atomic mass is 16.3. The molecule has 1 fully saturated rings. The van der Waals surface area contributed by atoms with E-state index in [0.29, 0.717) is 68.2 Å². The highest BCUT2D eigenvalue weighted by Crippen LogP contribution is 2.30. The quantitative estimate of drug-likeness (QED) is 0.865. The number of amides is 1. The van der Waals surface area contributed by atoms with Crippen molar-refractivity contribution in [2.45, 2.75) is 26.7 Å². The number of aromatic nitrogens is 2. The van der Waals surface area contributed by atoms with Crippen LogP contribution in [0.4, 0.5) is 11.8 Å². The van der Waals surface area contributed by atoms with Crippen molar-refractivity contribution in [2.24, 2.45) is 5.92 Å². The molecule has 0 radical (unpaired) electrons. The molecule has 1 N–H and O–H groups in total. The fourth-order valence-corrected chi connectivity index (χ4v) is 3.86. The number of nitrogens with one attached hydrogen (secondary N) is 1. The Labute approximate surface area is 163 Å². The summed E-state index contributed by atoms with van der Waals surface area (Å²) < 4.78 is 5.22. The van der Waals surface area contributed by atoms with Gasteiger partial charge in [0, 0.05) is 39.1 Å². The van der Waals surface area contributed by atoms with Gasteiger partial charge in [-0.15, -0.1) is 0 Å². The summed E-state index contributed by atoms with van der Waals surface area (Å²) in [6, 6.07) is 3.40. The molecule has 1 unspecified atom stereocenters. The SMILES string of the molecule is CCNc1nc(N2CCN(C(=O)c3ccco3)CC2)nc2c1C(=O)CC(C)C2. The molecule has 1 aliphatic heterocycles. The molecule has 2 aromatic heterocycles. The van der Waals surface area contributed by atoms with Gasteiger partial charge in [-0.3, -0.25) is 9.59 Å². The third-order valence-electron chi connectivity index (χ3n) is 5.25. The van der Waals surface area contributed by atoms with Gasteiger partial charge in [-0.05, 0) is 31.4 Å². The summed E-state index contributed by atoms with van der Waals surface area (Å²) in [5, 5.41) is 3.23. The number of nitrogens with zero attached hydrogens (tertiary/aromatic N) is 4. The molecular formula is C20H25N5O3. The lowest BCUT2D eigenvalue weighted by Crippen LogP contribution is -2.49. The number of piperazine rings is 1. The summed E-state index contributed by atoms with van der Waals surface area (Å²) in [5.41, 5.74) is 1.48. The monoisotopic (exact) mass is 383 g/mol. The lowest BCUT2D eigenvalue weighted by molar-refractivity contribution is 0.0713. The minimum Gasteiger partial charge on any atom is -0.459 e. The first-order valence-electron chi connectivity index (χ1n) is 9.82. The predicted molar refractivity (Wildman–Crippen MR) is 105 cm³/mol. The first-order chi connectivity index (χ1) is 13.6. The van der Waals surface area contributed by atoms with Crippen molar-refractivity contribution in [3.63, 3.8) is 0 Å². The number of rotatable bonds is 4. The summed E-state index contributed by atoms with van der Waals surface area (Å²) in [6.07, 6.45) is 2.84. The van der Waals surface area contributed by atoms with E-state index in [1.54, 1.807) is 17.0 Å². The van der Waals surface area contributed by atoms with Gasteiger partial charge in [-0.25, -0.2) is 4.98 Å². The minimum atomic E-state index is -0.0937. The van der Waals surface area contributed by atoms with Crippen molar-refractivity contribution in [3.05, 3.63) is 35.4 Å². The van der Waals surface area contributed by atoms with Crippen molar-refractivity contribution in [3.8, 4) is 0 Å². The molecule has 8 nitrogen and oxygen atoms in total. The first-order valence-corrected chi connectivity index (χ1v) is 9.82. The summed E-state index contributed by atoms with van der Waals surface area (Å²) in [4.78, 5) is 38.2. The molecular weight excluding hydrogens is 358 g/mol. The molecule has 0 saturated carbocycles. The lowest BCUT2D eigenvalue weighted by Gasteiger charge is -2.35. The Morgan fingerprint density at radius 1 is 1.25 bits per heavy atom. The van der Waals surface area contributed by atoms with Crippen LogP contribution in [0.5, 0.6) is 0 Å². The number of Topliss-reactive ketones (excluding diaryl/α,β-unsaturated/α-hetero) is 1. The highest BCUT2D eigenvalue weighted by Gasteiger charge is 2.30. The highest BCUT2D eigenvalue weighted by molar-refractivity contribution is 6.02. The van der Waals surface area contributed by atoms with Gasteiger partial charge >= 0.3 is 0 Å². The van der Waals surface area contributed by atoms with Crippen LogP contribution in [-0.4, -0.2) is 59.3 Å². The van der Waals surface area contributed by atoms with Crippen molar-refractivity contribution in [1.29, 1.82) is 0 Å². The summed E-state index contributed by atoms with van der Waals surface area (Å²) >= 11 is 0. The van der Waals surface area contributed by atoms with Crippen LogP contribution in [0.1, 0.15) is 46.9 Å². The van der Waals surface area contributed by atoms with Crippen LogP contribution in [0, 0.1) is 5.92 Å². The molecule has 1 saturated heterocycles. The Morgan fingerprint density at radius 2 is 2.04 bits per heavy atom. The number of ketones is 1. The van der Waals surface area contributed by atoms with Crippen molar-refractivity contribution in [2.75, 3.05) is 42.9 Å². The van der Waals surface area contributed by atoms with Gasteiger partial charge < -0.3 is 19.5 Å². The Bertz CT molecular complexity index is 855. The predicted octanol–water partition coefficient (Wildman–Crippen LogP) is 2.23. The van der Waals surface area contributed by atoms with Gasteiger partial charge in [0.1, 0.15) is 5.82 Å². The van der Waals surface area contributed by atoms with E-state index in [1.165, 1.54) is 6.26 Å². The molecule has 1 amide bonds. The second kappa shape index (κ2) is 7.61.